The largest absolute Gasteiger partial charge is 0.344 e. The zero-order chi connectivity index (χ0) is 21.4. The van der Waals surface area contributed by atoms with Crippen LogP contribution in [0.2, 0.25) is 0 Å². The number of H-pyrrole nitrogens is 1. The lowest BCUT2D eigenvalue weighted by Gasteiger charge is -2.19. The second-order valence-corrected chi connectivity index (χ2v) is 8.35. The molecule has 0 saturated carbocycles. The minimum Gasteiger partial charge on any atom is -0.344 e. The highest BCUT2D eigenvalue weighted by Gasteiger charge is 2.21. The van der Waals surface area contributed by atoms with Crippen LogP contribution in [-0.4, -0.2) is 25.5 Å². The Balaban J connectivity index is 1.68. The van der Waals surface area contributed by atoms with Crippen molar-refractivity contribution in [1.29, 1.82) is 0 Å². The highest BCUT2D eigenvalue weighted by atomic mass is 32.1. The van der Waals surface area contributed by atoms with Crippen LogP contribution in [0.3, 0.4) is 0 Å². The molecule has 4 rings (SSSR count). The number of nitrogens with one attached hydrogen (secondary N) is 2. The molecule has 0 aliphatic heterocycles. The van der Waals surface area contributed by atoms with Gasteiger partial charge >= 0.3 is 0 Å². The molecule has 1 aromatic carbocycles. The van der Waals surface area contributed by atoms with Crippen molar-refractivity contribution in [1.82, 2.24) is 24.9 Å². The molecule has 0 unspecified atom stereocenters. The molecule has 1 amide bonds. The topological polar surface area (TPSA) is 92.2 Å². The quantitative estimate of drug-likeness (QED) is 0.513. The summed E-state index contributed by atoms with van der Waals surface area (Å²) in [5, 5.41) is 6.73. The van der Waals surface area contributed by atoms with E-state index in [-0.39, 0.29) is 23.7 Å². The number of amides is 1. The van der Waals surface area contributed by atoms with Crippen LogP contribution in [0.15, 0.2) is 41.2 Å². The molecule has 154 valence electrons. The number of carbonyl (C=O) groups excluding carboxylic acids is 1. The number of halogens is 1. The van der Waals surface area contributed by atoms with Crippen molar-refractivity contribution in [2.24, 2.45) is 0 Å². The van der Waals surface area contributed by atoms with E-state index in [9.17, 15) is 14.0 Å². The average molecular weight is 425 g/mol. The molecule has 0 saturated heterocycles. The highest BCUT2D eigenvalue weighted by molar-refractivity contribution is 7.13. The van der Waals surface area contributed by atoms with E-state index in [2.05, 4.69) is 20.4 Å². The number of carbonyl (C=O) groups is 1. The van der Waals surface area contributed by atoms with Gasteiger partial charge in [0.2, 0.25) is 0 Å². The van der Waals surface area contributed by atoms with Crippen molar-refractivity contribution in [3.05, 3.63) is 85.1 Å². The van der Waals surface area contributed by atoms with Gasteiger partial charge < -0.3 is 5.32 Å². The lowest BCUT2D eigenvalue weighted by molar-refractivity contribution is 0.0939. The first-order valence-electron chi connectivity index (χ1n) is 9.39. The highest BCUT2D eigenvalue weighted by Crippen LogP contribution is 2.22. The molecular formula is C21H20FN5O2S. The second-order valence-electron chi connectivity index (χ2n) is 7.15. The minimum atomic E-state index is -0.491. The molecule has 7 nitrogen and oxygen atoms in total. The molecule has 0 aliphatic carbocycles. The number of hydrogen-bond donors (Lipinski definition) is 2. The van der Waals surface area contributed by atoms with Crippen LogP contribution in [0.5, 0.6) is 0 Å². The molecule has 0 aliphatic rings. The van der Waals surface area contributed by atoms with E-state index in [4.69, 9.17) is 0 Å². The fourth-order valence-corrected chi connectivity index (χ4v) is 4.21. The number of thiazole rings is 1. The smallest absolute Gasteiger partial charge is 0.272 e. The Morgan fingerprint density at radius 1 is 1.20 bits per heavy atom. The molecular weight excluding hydrogens is 405 g/mol. The predicted octanol–water partition coefficient (Wildman–Crippen LogP) is 3.26. The van der Waals surface area contributed by atoms with E-state index in [0.29, 0.717) is 21.9 Å². The van der Waals surface area contributed by atoms with Crippen molar-refractivity contribution in [2.45, 2.75) is 33.2 Å². The van der Waals surface area contributed by atoms with Crippen LogP contribution in [0.4, 0.5) is 4.39 Å². The fourth-order valence-electron chi connectivity index (χ4n) is 3.39. The molecule has 0 radical (unpaired) electrons. The second kappa shape index (κ2) is 7.83. The van der Waals surface area contributed by atoms with Gasteiger partial charge in [-0.1, -0.05) is 12.1 Å². The third-order valence-corrected chi connectivity index (χ3v) is 5.80. The van der Waals surface area contributed by atoms with Gasteiger partial charge in [-0.05, 0) is 38.5 Å². The minimum absolute atomic E-state index is 0.235. The summed E-state index contributed by atoms with van der Waals surface area (Å²) in [6.45, 7) is 5.47. The first-order chi connectivity index (χ1) is 14.3. The molecule has 4 aromatic rings. The van der Waals surface area contributed by atoms with Crippen molar-refractivity contribution < 1.29 is 9.18 Å². The first-order valence-corrected chi connectivity index (χ1v) is 10.2. The van der Waals surface area contributed by atoms with Gasteiger partial charge in [0.1, 0.15) is 10.7 Å². The number of aryl methyl sites for hydroxylation is 3. The number of fused-ring (bicyclic) bond motifs is 1. The lowest BCUT2D eigenvalue weighted by Crippen LogP contribution is -2.30. The van der Waals surface area contributed by atoms with Crippen LogP contribution < -0.4 is 10.9 Å². The van der Waals surface area contributed by atoms with Gasteiger partial charge in [0.15, 0.2) is 5.65 Å². The van der Waals surface area contributed by atoms with Gasteiger partial charge in [0.05, 0.1) is 22.4 Å². The maximum absolute atomic E-state index is 13.4. The maximum atomic E-state index is 13.4. The summed E-state index contributed by atoms with van der Waals surface area (Å²) in [4.78, 5) is 34.7. The van der Waals surface area contributed by atoms with Gasteiger partial charge in [-0.2, -0.15) is 0 Å². The van der Waals surface area contributed by atoms with Crippen LogP contribution in [0, 0.1) is 26.6 Å². The van der Waals surface area contributed by atoms with Crippen molar-refractivity contribution >= 4 is 22.9 Å². The van der Waals surface area contributed by atoms with Crippen molar-refractivity contribution in [3.8, 4) is 0 Å². The van der Waals surface area contributed by atoms with E-state index in [1.165, 1.54) is 34.1 Å². The molecule has 2 N–H and O–H groups in total. The van der Waals surface area contributed by atoms with E-state index in [1.807, 2.05) is 13.8 Å². The summed E-state index contributed by atoms with van der Waals surface area (Å²) in [6, 6.07) is 8.66. The number of nitrogens with zero attached hydrogens (tertiary/aromatic N) is 3. The monoisotopic (exact) mass is 425 g/mol. The van der Waals surface area contributed by atoms with Gasteiger partial charge in [-0.15, -0.1) is 11.3 Å². The zero-order valence-corrected chi connectivity index (χ0v) is 17.5. The van der Waals surface area contributed by atoms with Crippen LogP contribution in [-0.2, 0) is 6.42 Å². The van der Waals surface area contributed by atoms with Gasteiger partial charge in [-0.3, -0.25) is 14.7 Å². The summed E-state index contributed by atoms with van der Waals surface area (Å²) in [5.74, 6) is -0.624. The van der Waals surface area contributed by atoms with Crippen LogP contribution in [0.1, 0.15) is 43.4 Å². The Labute approximate surface area is 175 Å². The summed E-state index contributed by atoms with van der Waals surface area (Å²) in [5.41, 5.74) is 3.00. The van der Waals surface area contributed by atoms with Gasteiger partial charge in [0, 0.05) is 24.2 Å². The van der Waals surface area contributed by atoms with E-state index >= 15 is 0 Å². The van der Waals surface area contributed by atoms with Crippen molar-refractivity contribution in [2.75, 3.05) is 0 Å². The number of aromatic amines is 1. The molecule has 0 spiro atoms. The van der Waals surface area contributed by atoms with Gasteiger partial charge in [-0.25, -0.2) is 18.9 Å². The molecule has 3 heterocycles. The van der Waals surface area contributed by atoms with E-state index < -0.39 is 6.04 Å². The third-order valence-electron chi connectivity index (χ3n) is 4.73. The molecule has 9 heteroatoms. The molecule has 1 atom stereocenters. The predicted molar refractivity (Wildman–Crippen MR) is 112 cm³/mol. The third kappa shape index (κ3) is 4.02. The number of rotatable bonds is 5. The summed E-state index contributed by atoms with van der Waals surface area (Å²) < 4.78 is 14.8. The standard InChI is InChI=1S/C21H20FN5O2S/c1-11-8-18-24-16(10-19(28)27(18)26-11)9-17(14-4-6-15(22)7-5-14)25-21(29)20-12(2)23-13(3)30-20/h4-8,10,17,26H,9H2,1-3H3,(H,25,29)/t17-/m1/s1. The Kier molecular flexibility index (Phi) is 5.21. The normalized spacial score (nSPS) is 12.3. The van der Waals surface area contributed by atoms with Crippen molar-refractivity contribution in [3.63, 3.8) is 0 Å². The maximum Gasteiger partial charge on any atom is 0.272 e. The average Bonchev–Trinajstić information content (AvgIpc) is 3.23. The Hall–Kier alpha value is -3.33. The Morgan fingerprint density at radius 2 is 1.93 bits per heavy atom. The Bertz CT molecular complexity index is 1290. The van der Waals surface area contributed by atoms with Crippen LogP contribution >= 0.6 is 11.3 Å². The lowest BCUT2D eigenvalue weighted by atomic mass is 10.0. The zero-order valence-electron chi connectivity index (χ0n) is 16.7. The molecule has 3 aromatic heterocycles. The van der Waals surface area contributed by atoms with E-state index in [1.54, 1.807) is 25.1 Å². The number of hydrogen-bond acceptors (Lipinski definition) is 5. The molecule has 30 heavy (non-hydrogen) atoms. The first kappa shape index (κ1) is 20.0. The summed E-state index contributed by atoms with van der Waals surface area (Å²) in [6.07, 6.45) is 0.282. The fraction of sp³-hybridized carbons (Fsp3) is 0.238. The molecule has 0 bridgehead atoms. The molecule has 0 fully saturated rings. The SMILES string of the molecule is Cc1cc2nc(C[C@@H](NC(=O)c3sc(C)nc3C)c3ccc(F)cc3)cc(=O)n2[nH]1. The van der Waals surface area contributed by atoms with Crippen LogP contribution in [0.25, 0.3) is 5.65 Å². The Morgan fingerprint density at radius 3 is 2.60 bits per heavy atom. The summed E-state index contributed by atoms with van der Waals surface area (Å²) in [7, 11) is 0. The van der Waals surface area contributed by atoms with E-state index in [0.717, 1.165) is 16.3 Å². The summed E-state index contributed by atoms with van der Waals surface area (Å²) >= 11 is 1.32. The number of benzene rings is 1. The number of aromatic nitrogens is 4. The van der Waals surface area contributed by atoms with Gasteiger partial charge in [0.25, 0.3) is 11.5 Å².